The van der Waals surface area contributed by atoms with Crippen molar-refractivity contribution in [3.63, 3.8) is 0 Å². The minimum atomic E-state index is 0.255. The van der Waals surface area contributed by atoms with Crippen LogP contribution in [0.2, 0.25) is 0 Å². The average Bonchev–Trinajstić information content (AvgIpc) is 3.20. The van der Waals surface area contributed by atoms with Gasteiger partial charge < -0.3 is 4.57 Å². The quantitative estimate of drug-likeness (QED) is 0.701. The highest BCUT2D eigenvalue weighted by atomic mass is 15.3. The Balaban J connectivity index is 1.90. The SMILES string of the molecule is CC(C)c1nccn1[C@H](CCn1cncn1)c1ccccc1. The van der Waals surface area contributed by atoms with Crippen LogP contribution in [0.25, 0.3) is 0 Å². The van der Waals surface area contributed by atoms with Crippen LogP contribution in [-0.2, 0) is 6.54 Å². The van der Waals surface area contributed by atoms with E-state index in [1.165, 1.54) is 5.56 Å². The zero-order valence-electron chi connectivity index (χ0n) is 13.0. The van der Waals surface area contributed by atoms with E-state index in [9.17, 15) is 0 Å². The van der Waals surface area contributed by atoms with Crippen molar-refractivity contribution in [2.45, 2.75) is 38.8 Å². The standard InChI is InChI=1S/C17H21N5/c1-14(2)17-19-9-11-22(17)16(15-6-4-3-5-7-15)8-10-21-13-18-12-20-21/h3-7,9,11-14,16H,8,10H2,1-2H3/t16-/m1/s1. The number of imidazole rings is 1. The maximum absolute atomic E-state index is 4.54. The second-order valence-electron chi connectivity index (χ2n) is 5.72. The lowest BCUT2D eigenvalue weighted by molar-refractivity contribution is 0.452. The lowest BCUT2D eigenvalue weighted by Gasteiger charge is -2.22. The van der Waals surface area contributed by atoms with Crippen molar-refractivity contribution in [3.05, 3.63) is 66.8 Å². The van der Waals surface area contributed by atoms with Crippen LogP contribution in [0.15, 0.2) is 55.4 Å². The highest BCUT2D eigenvalue weighted by Crippen LogP contribution is 2.26. The van der Waals surface area contributed by atoms with Crippen molar-refractivity contribution in [2.75, 3.05) is 0 Å². The summed E-state index contributed by atoms with van der Waals surface area (Å²) in [5.74, 6) is 1.51. The maximum atomic E-state index is 4.54. The molecule has 114 valence electrons. The lowest BCUT2D eigenvalue weighted by Crippen LogP contribution is -2.16. The lowest BCUT2D eigenvalue weighted by atomic mass is 10.0. The molecule has 0 aliphatic carbocycles. The van der Waals surface area contributed by atoms with Gasteiger partial charge in [-0.25, -0.2) is 9.97 Å². The van der Waals surface area contributed by atoms with Gasteiger partial charge in [0.05, 0.1) is 6.04 Å². The van der Waals surface area contributed by atoms with Gasteiger partial charge in [0.25, 0.3) is 0 Å². The fourth-order valence-electron chi connectivity index (χ4n) is 2.78. The van der Waals surface area contributed by atoms with Gasteiger partial charge in [-0.15, -0.1) is 0 Å². The first-order valence-corrected chi connectivity index (χ1v) is 7.66. The average molecular weight is 295 g/mol. The van der Waals surface area contributed by atoms with Gasteiger partial charge in [-0.2, -0.15) is 5.10 Å². The number of nitrogens with zero attached hydrogens (tertiary/aromatic N) is 5. The maximum Gasteiger partial charge on any atom is 0.137 e. The molecule has 3 rings (SSSR count). The summed E-state index contributed by atoms with van der Waals surface area (Å²) in [7, 11) is 0. The van der Waals surface area contributed by atoms with E-state index in [-0.39, 0.29) is 6.04 Å². The number of rotatable bonds is 6. The van der Waals surface area contributed by atoms with Crippen LogP contribution in [0.1, 0.15) is 43.6 Å². The van der Waals surface area contributed by atoms with E-state index < -0.39 is 0 Å². The Morgan fingerprint density at radius 2 is 1.95 bits per heavy atom. The Bertz CT molecular complexity index is 685. The normalized spacial score (nSPS) is 12.7. The smallest absolute Gasteiger partial charge is 0.137 e. The summed E-state index contributed by atoms with van der Waals surface area (Å²) in [5.41, 5.74) is 1.29. The molecule has 0 amide bonds. The first-order valence-electron chi connectivity index (χ1n) is 7.66. The van der Waals surface area contributed by atoms with Crippen LogP contribution in [0.3, 0.4) is 0 Å². The van der Waals surface area contributed by atoms with Crippen molar-refractivity contribution < 1.29 is 0 Å². The molecule has 0 N–H and O–H groups in total. The summed E-state index contributed by atoms with van der Waals surface area (Å²) in [4.78, 5) is 8.55. The predicted octanol–water partition coefficient (Wildman–Crippen LogP) is 3.28. The minimum absolute atomic E-state index is 0.255. The molecular formula is C17H21N5. The Kier molecular flexibility index (Phi) is 4.32. The van der Waals surface area contributed by atoms with E-state index in [1.54, 1.807) is 12.7 Å². The minimum Gasteiger partial charge on any atom is -0.327 e. The molecule has 0 unspecified atom stereocenters. The van der Waals surface area contributed by atoms with E-state index in [4.69, 9.17) is 0 Å². The van der Waals surface area contributed by atoms with E-state index in [0.717, 1.165) is 18.8 Å². The zero-order chi connectivity index (χ0) is 15.4. The van der Waals surface area contributed by atoms with E-state index in [2.05, 4.69) is 70.0 Å². The molecule has 0 spiro atoms. The molecule has 5 nitrogen and oxygen atoms in total. The van der Waals surface area contributed by atoms with Gasteiger partial charge in [0.2, 0.25) is 0 Å². The van der Waals surface area contributed by atoms with Gasteiger partial charge in [0.1, 0.15) is 18.5 Å². The topological polar surface area (TPSA) is 48.5 Å². The summed E-state index contributed by atoms with van der Waals surface area (Å²) in [6, 6.07) is 10.8. The molecule has 0 bridgehead atoms. The predicted molar refractivity (Wildman–Crippen MR) is 85.5 cm³/mol. The van der Waals surface area contributed by atoms with Crippen LogP contribution in [-0.4, -0.2) is 24.3 Å². The Labute approximate surface area is 130 Å². The van der Waals surface area contributed by atoms with Crippen molar-refractivity contribution in [3.8, 4) is 0 Å². The van der Waals surface area contributed by atoms with Crippen LogP contribution in [0.5, 0.6) is 0 Å². The molecule has 0 aliphatic heterocycles. The molecule has 5 heteroatoms. The summed E-state index contributed by atoms with van der Waals surface area (Å²) >= 11 is 0. The van der Waals surface area contributed by atoms with Crippen molar-refractivity contribution >= 4 is 0 Å². The molecular weight excluding hydrogens is 274 g/mol. The first-order chi connectivity index (χ1) is 10.8. The second-order valence-corrected chi connectivity index (χ2v) is 5.72. The molecule has 0 radical (unpaired) electrons. The molecule has 0 saturated carbocycles. The van der Waals surface area contributed by atoms with Crippen molar-refractivity contribution in [2.24, 2.45) is 0 Å². The first kappa shape index (κ1) is 14.5. The monoisotopic (exact) mass is 295 g/mol. The number of benzene rings is 1. The second kappa shape index (κ2) is 6.56. The van der Waals surface area contributed by atoms with Gasteiger partial charge in [-0.05, 0) is 12.0 Å². The molecule has 0 fully saturated rings. The van der Waals surface area contributed by atoms with Crippen LogP contribution >= 0.6 is 0 Å². The van der Waals surface area contributed by atoms with Crippen molar-refractivity contribution in [1.82, 2.24) is 24.3 Å². The fourth-order valence-corrected chi connectivity index (χ4v) is 2.78. The third kappa shape index (κ3) is 3.08. The third-order valence-corrected chi connectivity index (χ3v) is 3.83. The van der Waals surface area contributed by atoms with Crippen LogP contribution in [0.4, 0.5) is 0 Å². The Morgan fingerprint density at radius 1 is 1.14 bits per heavy atom. The molecule has 3 aromatic rings. The largest absolute Gasteiger partial charge is 0.327 e. The summed E-state index contributed by atoms with van der Waals surface area (Å²) in [5, 5.41) is 4.20. The van der Waals surface area contributed by atoms with Crippen molar-refractivity contribution in [1.29, 1.82) is 0 Å². The van der Waals surface area contributed by atoms with Crippen LogP contribution < -0.4 is 0 Å². The molecule has 22 heavy (non-hydrogen) atoms. The molecule has 1 aromatic carbocycles. The van der Waals surface area contributed by atoms with E-state index in [0.29, 0.717) is 5.92 Å². The summed E-state index contributed by atoms with van der Waals surface area (Å²) in [6.45, 7) is 5.19. The molecule has 2 heterocycles. The Hall–Kier alpha value is -2.43. The highest BCUT2D eigenvalue weighted by molar-refractivity contribution is 5.21. The Morgan fingerprint density at radius 3 is 2.64 bits per heavy atom. The number of aryl methyl sites for hydroxylation is 1. The van der Waals surface area contributed by atoms with Gasteiger partial charge in [0.15, 0.2) is 0 Å². The highest BCUT2D eigenvalue weighted by Gasteiger charge is 2.18. The number of aromatic nitrogens is 5. The summed E-state index contributed by atoms with van der Waals surface area (Å²) in [6.07, 6.45) is 8.26. The number of hydrogen-bond acceptors (Lipinski definition) is 3. The van der Waals surface area contributed by atoms with E-state index in [1.807, 2.05) is 10.9 Å². The fraction of sp³-hybridized carbons (Fsp3) is 0.353. The molecule has 2 aromatic heterocycles. The van der Waals surface area contributed by atoms with Crippen LogP contribution in [0, 0.1) is 0 Å². The van der Waals surface area contributed by atoms with Gasteiger partial charge in [-0.3, -0.25) is 4.68 Å². The van der Waals surface area contributed by atoms with Gasteiger partial charge in [0, 0.05) is 24.9 Å². The van der Waals surface area contributed by atoms with E-state index >= 15 is 0 Å². The molecule has 0 aliphatic rings. The molecule has 0 saturated heterocycles. The van der Waals surface area contributed by atoms with Gasteiger partial charge >= 0.3 is 0 Å². The zero-order valence-corrected chi connectivity index (χ0v) is 13.0. The molecule has 1 atom stereocenters. The third-order valence-electron chi connectivity index (χ3n) is 3.83. The summed E-state index contributed by atoms with van der Waals surface area (Å²) < 4.78 is 4.17. The van der Waals surface area contributed by atoms with Gasteiger partial charge in [-0.1, -0.05) is 44.2 Å². The number of hydrogen-bond donors (Lipinski definition) is 0.